The highest BCUT2D eigenvalue weighted by molar-refractivity contribution is 5.81. The Morgan fingerprint density at radius 3 is 2.46 bits per heavy atom. The lowest BCUT2D eigenvalue weighted by molar-refractivity contribution is -0.150. The largest absolute Gasteiger partial charge is 0.497 e. The van der Waals surface area contributed by atoms with E-state index in [9.17, 15) is 4.79 Å². The Kier molecular flexibility index (Phi) is 5.18. The SMILES string of the molecule is COc1ccc(CN2CCC3(CC[C@H](C(=O)N4CCCC4)O3)CC2)cc1. The molecule has 4 rings (SSSR count). The zero-order valence-corrected chi connectivity index (χ0v) is 15.8. The van der Waals surface area contributed by atoms with Gasteiger partial charge >= 0.3 is 0 Å². The van der Waals surface area contributed by atoms with Crippen LogP contribution in [0.1, 0.15) is 44.1 Å². The Labute approximate surface area is 156 Å². The average molecular weight is 358 g/mol. The number of ether oxygens (including phenoxy) is 2. The Morgan fingerprint density at radius 1 is 1.12 bits per heavy atom. The molecular formula is C21H30N2O3. The van der Waals surface area contributed by atoms with Gasteiger partial charge in [0.15, 0.2) is 0 Å². The third-order valence-electron chi connectivity index (χ3n) is 6.28. The fourth-order valence-corrected chi connectivity index (χ4v) is 4.60. The molecule has 3 fully saturated rings. The minimum Gasteiger partial charge on any atom is -0.497 e. The first-order chi connectivity index (χ1) is 12.7. The number of hydrogen-bond acceptors (Lipinski definition) is 4. The summed E-state index contributed by atoms with van der Waals surface area (Å²) in [6.07, 6.45) is 6.09. The van der Waals surface area contributed by atoms with Gasteiger partial charge in [-0.15, -0.1) is 0 Å². The number of piperidine rings is 1. The first kappa shape index (κ1) is 17.8. The number of likely N-dealkylation sites (tertiary alicyclic amines) is 2. The summed E-state index contributed by atoms with van der Waals surface area (Å²) in [5.74, 6) is 1.14. The molecule has 0 saturated carbocycles. The van der Waals surface area contributed by atoms with Crippen LogP contribution in [0.3, 0.4) is 0 Å². The zero-order chi connectivity index (χ0) is 18.0. The van der Waals surface area contributed by atoms with Crippen LogP contribution >= 0.6 is 0 Å². The highest BCUT2D eigenvalue weighted by Gasteiger charge is 2.45. The number of carbonyl (C=O) groups excluding carboxylic acids is 1. The maximum Gasteiger partial charge on any atom is 0.251 e. The normalized spacial score (nSPS) is 25.7. The van der Waals surface area contributed by atoms with Gasteiger partial charge in [-0.2, -0.15) is 0 Å². The van der Waals surface area contributed by atoms with Crippen molar-refractivity contribution in [2.75, 3.05) is 33.3 Å². The molecule has 5 nitrogen and oxygen atoms in total. The monoisotopic (exact) mass is 358 g/mol. The van der Waals surface area contributed by atoms with Crippen molar-refractivity contribution in [3.63, 3.8) is 0 Å². The second-order valence-corrected chi connectivity index (χ2v) is 7.98. The molecule has 1 aromatic carbocycles. The number of methoxy groups -OCH3 is 1. The van der Waals surface area contributed by atoms with Crippen molar-refractivity contribution in [1.29, 1.82) is 0 Å². The highest BCUT2D eigenvalue weighted by atomic mass is 16.5. The van der Waals surface area contributed by atoms with Crippen LogP contribution in [0, 0.1) is 0 Å². The van der Waals surface area contributed by atoms with E-state index in [1.54, 1.807) is 7.11 Å². The van der Waals surface area contributed by atoms with Crippen LogP contribution in [-0.4, -0.2) is 60.7 Å². The van der Waals surface area contributed by atoms with E-state index >= 15 is 0 Å². The summed E-state index contributed by atoms with van der Waals surface area (Å²) in [7, 11) is 1.70. The highest BCUT2D eigenvalue weighted by Crippen LogP contribution is 2.40. The van der Waals surface area contributed by atoms with Crippen molar-refractivity contribution >= 4 is 5.91 Å². The topological polar surface area (TPSA) is 42.0 Å². The van der Waals surface area contributed by atoms with Gasteiger partial charge in [-0.05, 0) is 56.2 Å². The molecular weight excluding hydrogens is 328 g/mol. The molecule has 5 heteroatoms. The molecule has 0 aliphatic carbocycles. The van der Waals surface area contributed by atoms with Gasteiger partial charge in [-0.3, -0.25) is 9.69 Å². The third kappa shape index (κ3) is 3.74. The molecule has 1 atom stereocenters. The van der Waals surface area contributed by atoms with Gasteiger partial charge in [0.25, 0.3) is 5.91 Å². The summed E-state index contributed by atoms with van der Waals surface area (Å²) in [6.45, 7) is 4.88. The predicted octanol–water partition coefficient (Wildman–Crippen LogP) is 2.83. The second kappa shape index (κ2) is 7.57. The summed E-state index contributed by atoms with van der Waals surface area (Å²) in [5, 5.41) is 0. The van der Waals surface area contributed by atoms with Crippen molar-refractivity contribution in [1.82, 2.24) is 9.80 Å². The fraction of sp³-hybridized carbons (Fsp3) is 0.667. The van der Waals surface area contributed by atoms with Gasteiger partial charge in [0.1, 0.15) is 11.9 Å². The molecule has 0 unspecified atom stereocenters. The van der Waals surface area contributed by atoms with E-state index in [4.69, 9.17) is 9.47 Å². The molecule has 1 amide bonds. The van der Waals surface area contributed by atoms with Gasteiger partial charge in [0.2, 0.25) is 0 Å². The molecule has 0 aromatic heterocycles. The predicted molar refractivity (Wildman–Crippen MR) is 100 cm³/mol. The number of rotatable bonds is 4. The van der Waals surface area contributed by atoms with E-state index in [1.165, 1.54) is 5.56 Å². The standard InChI is InChI=1S/C21H30N2O3/c1-25-18-6-4-17(5-7-18)16-22-14-10-21(11-15-22)9-8-19(26-21)20(24)23-12-2-3-13-23/h4-7,19H,2-3,8-16H2,1H3/t19-/m1/s1. The molecule has 3 heterocycles. The third-order valence-corrected chi connectivity index (χ3v) is 6.28. The number of carbonyl (C=O) groups is 1. The summed E-state index contributed by atoms with van der Waals surface area (Å²) in [5.41, 5.74) is 1.26. The summed E-state index contributed by atoms with van der Waals surface area (Å²) >= 11 is 0. The number of amides is 1. The van der Waals surface area contributed by atoms with Crippen LogP contribution < -0.4 is 4.74 Å². The molecule has 3 aliphatic rings. The van der Waals surface area contributed by atoms with E-state index in [0.717, 1.165) is 77.0 Å². The summed E-state index contributed by atoms with van der Waals surface area (Å²) in [6, 6.07) is 8.32. The smallest absolute Gasteiger partial charge is 0.251 e. The van der Waals surface area contributed by atoms with Crippen molar-refractivity contribution < 1.29 is 14.3 Å². The molecule has 0 bridgehead atoms. The van der Waals surface area contributed by atoms with Gasteiger partial charge in [-0.25, -0.2) is 0 Å². The Morgan fingerprint density at radius 2 is 1.81 bits per heavy atom. The van der Waals surface area contributed by atoms with E-state index in [0.29, 0.717) is 0 Å². The lowest BCUT2D eigenvalue weighted by Gasteiger charge is -2.39. The number of benzene rings is 1. The van der Waals surface area contributed by atoms with Crippen LogP contribution in [0.25, 0.3) is 0 Å². The lowest BCUT2D eigenvalue weighted by atomic mass is 9.88. The van der Waals surface area contributed by atoms with E-state index in [2.05, 4.69) is 17.0 Å². The van der Waals surface area contributed by atoms with Crippen molar-refractivity contribution in [3.8, 4) is 5.75 Å². The zero-order valence-electron chi connectivity index (χ0n) is 15.8. The molecule has 0 N–H and O–H groups in total. The Hall–Kier alpha value is -1.59. The van der Waals surface area contributed by atoms with E-state index in [-0.39, 0.29) is 17.6 Å². The minimum atomic E-state index is -0.193. The van der Waals surface area contributed by atoms with E-state index in [1.807, 2.05) is 17.0 Å². The fourth-order valence-electron chi connectivity index (χ4n) is 4.60. The number of hydrogen-bond donors (Lipinski definition) is 0. The maximum atomic E-state index is 12.6. The van der Waals surface area contributed by atoms with Crippen LogP contribution in [0.2, 0.25) is 0 Å². The van der Waals surface area contributed by atoms with Crippen molar-refractivity contribution in [3.05, 3.63) is 29.8 Å². The van der Waals surface area contributed by atoms with Gasteiger partial charge in [0, 0.05) is 32.7 Å². The van der Waals surface area contributed by atoms with Crippen LogP contribution in [0.15, 0.2) is 24.3 Å². The molecule has 26 heavy (non-hydrogen) atoms. The Balaban J connectivity index is 1.28. The molecule has 142 valence electrons. The van der Waals surface area contributed by atoms with Gasteiger partial charge in [0.05, 0.1) is 12.7 Å². The van der Waals surface area contributed by atoms with Crippen LogP contribution in [0.5, 0.6) is 5.75 Å². The quantitative estimate of drug-likeness (QED) is 0.830. The van der Waals surface area contributed by atoms with Crippen molar-refractivity contribution in [2.45, 2.75) is 56.8 Å². The van der Waals surface area contributed by atoms with Crippen molar-refractivity contribution in [2.24, 2.45) is 0 Å². The summed E-state index contributed by atoms with van der Waals surface area (Å²) < 4.78 is 11.6. The van der Waals surface area contributed by atoms with E-state index < -0.39 is 0 Å². The van der Waals surface area contributed by atoms with Crippen LogP contribution in [0.4, 0.5) is 0 Å². The molecule has 3 aliphatic heterocycles. The van der Waals surface area contributed by atoms with Crippen LogP contribution in [-0.2, 0) is 16.1 Å². The molecule has 3 saturated heterocycles. The summed E-state index contributed by atoms with van der Waals surface area (Å²) in [4.78, 5) is 17.1. The second-order valence-electron chi connectivity index (χ2n) is 7.98. The lowest BCUT2D eigenvalue weighted by Crippen LogP contribution is -2.45. The first-order valence-electron chi connectivity index (χ1n) is 9.99. The number of nitrogens with zero attached hydrogens (tertiary/aromatic N) is 2. The average Bonchev–Trinajstić information content (AvgIpc) is 3.35. The Bertz CT molecular complexity index is 617. The first-order valence-corrected chi connectivity index (χ1v) is 9.99. The van der Waals surface area contributed by atoms with Gasteiger partial charge < -0.3 is 14.4 Å². The molecule has 1 aromatic rings. The van der Waals surface area contributed by atoms with Gasteiger partial charge in [-0.1, -0.05) is 12.1 Å². The minimum absolute atomic E-state index is 0.0591. The molecule has 1 spiro atoms. The maximum absolute atomic E-state index is 12.6. The molecule has 0 radical (unpaired) electrons.